The molecule has 2 rings (SSSR count). The molecule has 4 heteroatoms. The summed E-state index contributed by atoms with van der Waals surface area (Å²) in [6, 6.07) is 7.32. The van der Waals surface area contributed by atoms with Crippen LogP contribution in [-0.2, 0) is 0 Å². The summed E-state index contributed by atoms with van der Waals surface area (Å²) in [7, 11) is 0. The van der Waals surface area contributed by atoms with Crippen molar-refractivity contribution in [1.82, 2.24) is 0 Å². The van der Waals surface area contributed by atoms with Gasteiger partial charge in [-0.3, -0.25) is 5.41 Å². The van der Waals surface area contributed by atoms with Crippen LogP contribution in [0.4, 0.5) is 0 Å². The van der Waals surface area contributed by atoms with E-state index in [9.17, 15) is 0 Å². The van der Waals surface area contributed by atoms with Crippen LogP contribution in [0.15, 0.2) is 24.3 Å². The van der Waals surface area contributed by atoms with Gasteiger partial charge in [0.1, 0.15) is 5.75 Å². The highest BCUT2D eigenvalue weighted by molar-refractivity contribution is 6.30. The van der Waals surface area contributed by atoms with Gasteiger partial charge in [-0.2, -0.15) is 0 Å². The van der Waals surface area contributed by atoms with E-state index in [-0.39, 0.29) is 11.3 Å². The van der Waals surface area contributed by atoms with Crippen LogP contribution in [0.3, 0.4) is 0 Å². The van der Waals surface area contributed by atoms with E-state index in [0.717, 1.165) is 18.6 Å². The Balaban J connectivity index is 1.87. The molecule has 86 valence electrons. The standard InChI is InChI=1S/C12H15ClN2O/c13-9-1-3-10(4-2-9)16-8-12(5-6-12)7-11(14)15/h1-4H,5-8H2,(H3,14,15). The molecule has 1 fully saturated rings. The van der Waals surface area contributed by atoms with Gasteiger partial charge < -0.3 is 10.5 Å². The minimum absolute atomic E-state index is 0.117. The Bertz CT molecular complexity index is 385. The third-order valence-corrected chi connectivity index (χ3v) is 3.13. The van der Waals surface area contributed by atoms with E-state index in [2.05, 4.69) is 0 Å². The average Bonchev–Trinajstić information content (AvgIpc) is 2.97. The van der Waals surface area contributed by atoms with Crippen LogP contribution in [-0.4, -0.2) is 12.4 Å². The molecule has 0 saturated heterocycles. The Kier molecular flexibility index (Phi) is 3.06. The van der Waals surface area contributed by atoms with E-state index in [1.807, 2.05) is 12.1 Å². The molecule has 0 amide bonds. The molecule has 0 atom stereocenters. The van der Waals surface area contributed by atoms with E-state index in [1.165, 1.54) is 0 Å². The number of halogens is 1. The zero-order valence-electron chi connectivity index (χ0n) is 9.00. The SMILES string of the molecule is N=C(N)CC1(COc2ccc(Cl)cc2)CC1. The molecular weight excluding hydrogens is 224 g/mol. The Morgan fingerprint density at radius 1 is 1.38 bits per heavy atom. The number of rotatable bonds is 5. The largest absolute Gasteiger partial charge is 0.493 e. The number of hydrogen-bond donors (Lipinski definition) is 2. The molecule has 1 aliphatic carbocycles. The summed E-state index contributed by atoms with van der Waals surface area (Å²) in [5.74, 6) is 1.07. The number of amidine groups is 1. The molecule has 0 aromatic heterocycles. The van der Waals surface area contributed by atoms with Crippen molar-refractivity contribution in [1.29, 1.82) is 5.41 Å². The fourth-order valence-corrected chi connectivity index (χ4v) is 1.85. The van der Waals surface area contributed by atoms with E-state index >= 15 is 0 Å². The molecule has 16 heavy (non-hydrogen) atoms. The van der Waals surface area contributed by atoms with Crippen LogP contribution >= 0.6 is 11.6 Å². The number of nitrogens with two attached hydrogens (primary N) is 1. The van der Waals surface area contributed by atoms with Crippen molar-refractivity contribution in [3.05, 3.63) is 29.3 Å². The molecule has 0 aliphatic heterocycles. The molecule has 3 nitrogen and oxygen atoms in total. The average molecular weight is 239 g/mol. The molecule has 1 aromatic rings. The van der Waals surface area contributed by atoms with E-state index in [0.29, 0.717) is 18.1 Å². The quantitative estimate of drug-likeness (QED) is 0.612. The van der Waals surface area contributed by atoms with E-state index in [1.54, 1.807) is 12.1 Å². The first-order valence-corrected chi connectivity index (χ1v) is 5.69. The van der Waals surface area contributed by atoms with Crippen LogP contribution in [0.5, 0.6) is 5.75 Å². The third kappa shape index (κ3) is 2.89. The topological polar surface area (TPSA) is 59.1 Å². The Labute approximate surface area is 100 Å². The van der Waals surface area contributed by atoms with Crippen molar-refractivity contribution in [2.45, 2.75) is 19.3 Å². The molecule has 1 aromatic carbocycles. The molecule has 0 bridgehead atoms. The fourth-order valence-electron chi connectivity index (χ4n) is 1.72. The van der Waals surface area contributed by atoms with Gasteiger partial charge in [-0.05, 0) is 37.1 Å². The van der Waals surface area contributed by atoms with E-state index in [4.69, 9.17) is 27.5 Å². The van der Waals surface area contributed by atoms with Gasteiger partial charge in [0.25, 0.3) is 0 Å². The molecule has 1 saturated carbocycles. The van der Waals surface area contributed by atoms with Gasteiger partial charge in [-0.15, -0.1) is 0 Å². The van der Waals surface area contributed by atoms with Gasteiger partial charge in [-0.25, -0.2) is 0 Å². The van der Waals surface area contributed by atoms with Crippen molar-refractivity contribution < 1.29 is 4.74 Å². The minimum atomic E-state index is 0.117. The summed E-state index contributed by atoms with van der Waals surface area (Å²) in [4.78, 5) is 0. The highest BCUT2D eigenvalue weighted by atomic mass is 35.5. The zero-order valence-corrected chi connectivity index (χ0v) is 9.76. The van der Waals surface area contributed by atoms with Crippen LogP contribution in [0, 0.1) is 10.8 Å². The highest BCUT2D eigenvalue weighted by Gasteiger charge is 2.43. The number of nitrogens with one attached hydrogen (secondary N) is 1. The molecule has 0 spiro atoms. The molecule has 1 aliphatic rings. The lowest BCUT2D eigenvalue weighted by Crippen LogP contribution is -2.21. The van der Waals surface area contributed by atoms with Gasteiger partial charge in [-0.1, -0.05) is 11.6 Å². The van der Waals surface area contributed by atoms with E-state index < -0.39 is 0 Å². The smallest absolute Gasteiger partial charge is 0.119 e. The van der Waals surface area contributed by atoms with Crippen molar-refractivity contribution in [3.8, 4) is 5.75 Å². The van der Waals surface area contributed by atoms with Gasteiger partial charge in [0, 0.05) is 16.9 Å². The Morgan fingerprint density at radius 2 is 2.00 bits per heavy atom. The first-order chi connectivity index (χ1) is 7.60. The summed E-state index contributed by atoms with van der Waals surface area (Å²) in [5, 5.41) is 8.01. The predicted molar refractivity (Wildman–Crippen MR) is 65.1 cm³/mol. The normalized spacial score (nSPS) is 16.8. The maximum absolute atomic E-state index is 7.31. The Hall–Kier alpha value is -1.22. The van der Waals surface area contributed by atoms with Crippen LogP contribution in [0.25, 0.3) is 0 Å². The van der Waals surface area contributed by atoms with Crippen molar-refractivity contribution >= 4 is 17.4 Å². The van der Waals surface area contributed by atoms with Crippen LogP contribution in [0.1, 0.15) is 19.3 Å². The summed E-state index contributed by atoms with van der Waals surface area (Å²) in [6.45, 7) is 0.633. The number of hydrogen-bond acceptors (Lipinski definition) is 2. The molecule has 0 heterocycles. The number of ether oxygens (including phenoxy) is 1. The van der Waals surface area contributed by atoms with Gasteiger partial charge in [0.05, 0.1) is 12.4 Å². The maximum atomic E-state index is 7.31. The van der Waals surface area contributed by atoms with Crippen LogP contribution in [0.2, 0.25) is 5.02 Å². The lowest BCUT2D eigenvalue weighted by atomic mass is 10.0. The predicted octanol–water partition coefficient (Wildman–Crippen LogP) is 2.83. The summed E-state index contributed by atoms with van der Waals surface area (Å²) in [6.07, 6.45) is 2.83. The highest BCUT2D eigenvalue weighted by Crippen LogP contribution is 2.48. The van der Waals surface area contributed by atoms with Crippen molar-refractivity contribution in [3.63, 3.8) is 0 Å². The Morgan fingerprint density at radius 3 is 2.50 bits per heavy atom. The first kappa shape index (κ1) is 11.3. The van der Waals surface area contributed by atoms with Crippen molar-refractivity contribution in [2.75, 3.05) is 6.61 Å². The third-order valence-electron chi connectivity index (χ3n) is 2.88. The molecule has 3 N–H and O–H groups in total. The summed E-state index contributed by atoms with van der Waals surface area (Å²) < 4.78 is 5.68. The molecular formula is C12H15ClN2O. The first-order valence-electron chi connectivity index (χ1n) is 5.31. The van der Waals surface area contributed by atoms with Crippen LogP contribution < -0.4 is 10.5 Å². The molecule has 0 radical (unpaired) electrons. The van der Waals surface area contributed by atoms with Gasteiger partial charge in [0.15, 0.2) is 0 Å². The van der Waals surface area contributed by atoms with Gasteiger partial charge >= 0.3 is 0 Å². The summed E-state index contributed by atoms with van der Waals surface area (Å²) in [5.41, 5.74) is 5.53. The maximum Gasteiger partial charge on any atom is 0.119 e. The van der Waals surface area contributed by atoms with Gasteiger partial charge in [0.2, 0.25) is 0 Å². The minimum Gasteiger partial charge on any atom is -0.493 e. The fraction of sp³-hybridized carbons (Fsp3) is 0.417. The lowest BCUT2D eigenvalue weighted by Gasteiger charge is -2.15. The second kappa shape index (κ2) is 4.34. The second-order valence-electron chi connectivity index (χ2n) is 4.44. The monoisotopic (exact) mass is 238 g/mol. The van der Waals surface area contributed by atoms with Crippen molar-refractivity contribution in [2.24, 2.45) is 11.1 Å². The lowest BCUT2D eigenvalue weighted by molar-refractivity contribution is 0.238. The zero-order chi connectivity index (χ0) is 11.6. The summed E-state index contributed by atoms with van der Waals surface area (Å²) >= 11 is 5.78. The number of benzene rings is 1. The molecule has 0 unspecified atom stereocenters. The second-order valence-corrected chi connectivity index (χ2v) is 4.88.